The van der Waals surface area contributed by atoms with Crippen molar-refractivity contribution in [2.75, 3.05) is 19.6 Å². The highest BCUT2D eigenvalue weighted by Gasteiger charge is 2.13. The summed E-state index contributed by atoms with van der Waals surface area (Å²) in [4.78, 5) is 4.36. The van der Waals surface area contributed by atoms with Crippen LogP contribution in [0.4, 0.5) is 4.39 Å². The number of benzene rings is 1. The average molecular weight is 491 g/mol. The van der Waals surface area contributed by atoms with Gasteiger partial charge in [-0.3, -0.25) is 4.99 Å². The zero-order valence-corrected chi connectivity index (χ0v) is 17.9. The Morgan fingerprint density at radius 1 is 1.22 bits per heavy atom. The van der Waals surface area contributed by atoms with Gasteiger partial charge in [-0.15, -0.1) is 24.0 Å². The molecule has 8 heteroatoms. The van der Waals surface area contributed by atoms with E-state index in [1.54, 1.807) is 30.3 Å². The minimum absolute atomic E-state index is 0. The van der Waals surface area contributed by atoms with Crippen molar-refractivity contribution in [2.24, 2.45) is 4.99 Å². The Kier molecular flexibility index (Phi) is 10.8. The minimum atomic E-state index is -0.808. The number of hydrogen-bond donors (Lipinski definition) is 3. The highest BCUT2D eigenvalue weighted by Crippen LogP contribution is 2.18. The first-order valence-corrected chi connectivity index (χ1v) is 8.78. The van der Waals surface area contributed by atoms with Gasteiger partial charge in [-0.1, -0.05) is 19.1 Å². The molecule has 0 aliphatic carbocycles. The molecule has 27 heavy (non-hydrogen) atoms. The number of aliphatic hydroxyl groups excluding tert-OH is 1. The summed E-state index contributed by atoms with van der Waals surface area (Å²) in [5.41, 5.74) is 0. The van der Waals surface area contributed by atoms with Crippen LogP contribution in [0.25, 0.3) is 0 Å². The molecule has 0 fully saturated rings. The Hall–Kier alpha value is -1.81. The van der Waals surface area contributed by atoms with Gasteiger partial charge >= 0.3 is 0 Å². The Morgan fingerprint density at radius 2 is 2.00 bits per heavy atom. The molecule has 1 aromatic heterocycles. The van der Waals surface area contributed by atoms with Crippen LogP contribution in [0, 0.1) is 5.82 Å². The SMILES string of the molecule is CCNC(=NCC(O)c1ccco1)NCC(CC)Oc1ccccc1F.I. The molecule has 150 valence electrons. The van der Waals surface area contributed by atoms with Crippen molar-refractivity contribution in [3.8, 4) is 5.75 Å². The number of rotatable bonds is 9. The number of para-hydroxylation sites is 1. The highest BCUT2D eigenvalue weighted by atomic mass is 127. The molecule has 1 heterocycles. The lowest BCUT2D eigenvalue weighted by Gasteiger charge is -2.20. The summed E-state index contributed by atoms with van der Waals surface area (Å²) in [6.45, 7) is 5.21. The fourth-order valence-corrected chi connectivity index (χ4v) is 2.29. The molecular weight excluding hydrogens is 464 g/mol. The fourth-order valence-electron chi connectivity index (χ4n) is 2.29. The molecule has 3 N–H and O–H groups in total. The first-order chi connectivity index (χ1) is 12.6. The smallest absolute Gasteiger partial charge is 0.191 e. The molecule has 0 radical (unpaired) electrons. The van der Waals surface area contributed by atoms with E-state index in [9.17, 15) is 9.50 Å². The van der Waals surface area contributed by atoms with Crippen molar-refractivity contribution in [2.45, 2.75) is 32.5 Å². The molecule has 0 saturated heterocycles. The van der Waals surface area contributed by atoms with Gasteiger partial charge in [0, 0.05) is 6.54 Å². The van der Waals surface area contributed by atoms with Crippen molar-refractivity contribution in [3.05, 3.63) is 54.2 Å². The van der Waals surface area contributed by atoms with Crippen LogP contribution in [0.5, 0.6) is 5.75 Å². The number of nitrogens with one attached hydrogen (secondary N) is 2. The maximum atomic E-state index is 13.7. The van der Waals surface area contributed by atoms with E-state index in [4.69, 9.17) is 9.15 Å². The highest BCUT2D eigenvalue weighted by molar-refractivity contribution is 14.0. The molecule has 0 aliphatic rings. The van der Waals surface area contributed by atoms with E-state index in [2.05, 4.69) is 15.6 Å². The van der Waals surface area contributed by atoms with Crippen LogP contribution in [0.15, 0.2) is 52.1 Å². The van der Waals surface area contributed by atoms with Gasteiger partial charge in [0.2, 0.25) is 0 Å². The van der Waals surface area contributed by atoms with E-state index in [0.29, 0.717) is 31.2 Å². The number of ether oxygens (including phenoxy) is 1. The Bertz CT molecular complexity index is 683. The predicted molar refractivity (Wildman–Crippen MR) is 114 cm³/mol. The summed E-state index contributed by atoms with van der Waals surface area (Å²) in [5.74, 6) is 0.872. The van der Waals surface area contributed by atoms with E-state index in [1.807, 2.05) is 13.8 Å². The lowest BCUT2D eigenvalue weighted by atomic mass is 10.2. The summed E-state index contributed by atoms with van der Waals surface area (Å²) in [6.07, 6.45) is 1.19. The summed E-state index contributed by atoms with van der Waals surface area (Å²) in [6, 6.07) is 9.77. The van der Waals surface area contributed by atoms with E-state index >= 15 is 0 Å². The summed E-state index contributed by atoms with van der Waals surface area (Å²) >= 11 is 0. The van der Waals surface area contributed by atoms with Crippen molar-refractivity contribution in [3.63, 3.8) is 0 Å². The normalized spacial score (nSPS) is 13.4. The molecule has 1 aromatic carbocycles. The maximum absolute atomic E-state index is 13.7. The topological polar surface area (TPSA) is 79.0 Å². The minimum Gasteiger partial charge on any atom is -0.486 e. The van der Waals surface area contributed by atoms with Gasteiger partial charge in [0.25, 0.3) is 0 Å². The molecule has 2 rings (SSSR count). The van der Waals surface area contributed by atoms with Gasteiger partial charge in [-0.2, -0.15) is 0 Å². The lowest BCUT2D eigenvalue weighted by molar-refractivity contribution is 0.158. The van der Waals surface area contributed by atoms with E-state index in [-0.39, 0.29) is 48.2 Å². The van der Waals surface area contributed by atoms with Crippen molar-refractivity contribution >= 4 is 29.9 Å². The van der Waals surface area contributed by atoms with Crippen molar-refractivity contribution in [1.82, 2.24) is 10.6 Å². The number of nitrogens with zero attached hydrogens (tertiary/aromatic N) is 1. The van der Waals surface area contributed by atoms with Gasteiger partial charge in [-0.25, -0.2) is 4.39 Å². The third-order valence-corrected chi connectivity index (χ3v) is 3.72. The third kappa shape index (κ3) is 7.76. The molecule has 2 atom stereocenters. The van der Waals surface area contributed by atoms with E-state index < -0.39 is 6.10 Å². The van der Waals surface area contributed by atoms with E-state index in [1.165, 1.54) is 12.3 Å². The quantitative estimate of drug-likeness (QED) is 0.285. The van der Waals surface area contributed by atoms with Gasteiger partial charge in [0.15, 0.2) is 17.5 Å². The predicted octanol–water partition coefficient (Wildman–Crippen LogP) is 3.48. The monoisotopic (exact) mass is 491 g/mol. The van der Waals surface area contributed by atoms with Crippen LogP contribution in [0.2, 0.25) is 0 Å². The molecule has 6 nitrogen and oxygen atoms in total. The standard InChI is InChI=1S/C19H26FN3O3.HI/c1-3-14(26-17-9-6-5-8-15(17)20)12-22-19(21-4-2)23-13-16(24)18-10-7-11-25-18;/h5-11,14,16,24H,3-4,12-13H2,1-2H3,(H2,21,22,23);1H. The second-order valence-electron chi connectivity index (χ2n) is 5.71. The zero-order valence-electron chi connectivity index (χ0n) is 15.5. The number of aliphatic imine (C=N–C) groups is 1. The van der Waals surface area contributed by atoms with Gasteiger partial charge in [-0.05, 0) is 37.6 Å². The molecule has 0 aliphatic heterocycles. The average Bonchev–Trinajstić information content (AvgIpc) is 3.19. The van der Waals surface area contributed by atoms with E-state index in [0.717, 1.165) is 0 Å². The molecule has 0 amide bonds. The third-order valence-electron chi connectivity index (χ3n) is 3.72. The molecular formula is C19H27FIN3O3. The van der Waals surface area contributed by atoms with Crippen molar-refractivity contribution < 1.29 is 18.7 Å². The molecule has 2 unspecified atom stereocenters. The van der Waals surface area contributed by atoms with Crippen LogP contribution in [0.1, 0.15) is 32.1 Å². The second-order valence-corrected chi connectivity index (χ2v) is 5.71. The van der Waals surface area contributed by atoms with Crippen molar-refractivity contribution in [1.29, 1.82) is 0 Å². The second kappa shape index (κ2) is 12.6. The van der Waals surface area contributed by atoms with Crippen LogP contribution in [-0.4, -0.2) is 36.8 Å². The van der Waals surface area contributed by atoms with Crippen LogP contribution in [-0.2, 0) is 0 Å². The largest absolute Gasteiger partial charge is 0.486 e. The molecule has 0 bridgehead atoms. The Balaban J connectivity index is 0.00000364. The summed E-state index contributed by atoms with van der Waals surface area (Å²) in [7, 11) is 0. The van der Waals surface area contributed by atoms with Gasteiger partial charge in [0.05, 0.1) is 19.4 Å². The maximum Gasteiger partial charge on any atom is 0.191 e. The zero-order chi connectivity index (χ0) is 18.8. The van der Waals surface area contributed by atoms with Gasteiger partial charge < -0.3 is 24.9 Å². The number of furan rings is 1. The number of hydrogen-bond acceptors (Lipinski definition) is 4. The fraction of sp³-hybridized carbons (Fsp3) is 0.421. The first-order valence-electron chi connectivity index (χ1n) is 8.78. The molecule has 2 aromatic rings. The Morgan fingerprint density at radius 3 is 2.63 bits per heavy atom. The van der Waals surface area contributed by atoms with Gasteiger partial charge in [0.1, 0.15) is 18.0 Å². The number of guanidine groups is 1. The number of halogens is 2. The van der Waals surface area contributed by atoms with Crippen LogP contribution < -0.4 is 15.4 Å². The molecule has 0 spiro atoms. The first kappa shape index (κ1) is 23.2. The summed E-state index contributed by atoms with van der Waals surface area (Å²) in [5, 5.41) is 16.3. The summed E-state index contributed by atoms with van der Waals surface area (Å²) < 4.78 is 24.6. The number of aliphatic hydroxyl groups is 1. The lowest BCUT2D eigenvalue weighted by Crippen LogP contribution is -2.42. The molecule has 0 saturated carbocycles. The Labute approximate surface area is 176 Å². The van der Waals surface area contributed by atoms with Crippen LogP contribution in [0.3, 0.4) is 0 Å². The van der Waals surface area contributed by atoms with Crippen LogP contribution >= 0.6 is 24.0 Å².